The smallest absolute Gasteiger partial charge is 0.168 e. The molecular weight excluding hydrogens is 549 g/mol. The Labute approximate surface area is 239 Å². The number of thioether (sulfide) groups is 1. The number of aliphatic hydroxyl groups excluding tert-OH is 1. The van der Waals surface area contributed by atoms with Crippen molar-refractivity contribution in [1.82, 2.24) is 9.55 Å². The maximum Gasteiger partial charge on any atom is 0.168 e. The van der Waals surface area contributed by atoms with Crippen LogP contribution < -0.4 is 0 Å². The number of methoxy groups -OCH3 is 1. The average molecular weight is 593 g/mol. The summed E-state index contributed by atoms with van der Waals surface area (Å²) in [6.45, 7) is -0.0474. The number of hydrogen-bond acceptors (Lipinski definition) is 5. The molecule has 3 fully saturated rings. The summed E-state index contributed by atoms with van der Waals surface area (Å²) in [6, 6.07) is 0.170. The maximum absolute atomic E-state index is 15.1. The number of imidazole rings is 1. The highest BCUT2D eigenvalue weighted by Gasteiger charge is 2.42. The third kappa shape index (κ3) is 6.79. The zero-order chi connectivity index (χ0) is 27.5. The van der Waals surface area contributed by atoms with Crippen molar-refractivity contribution in [1.29, 1.82) is 0 Å². The summed E-state index contributed by atoms with van der Waals surface area (Å²) in [6.07, 6.45) is 5.13. The van der Waals surface area contributed by atoms with Gasteiger partial charge in [-0.25, -0.2) is 18.2 Å². The van der Waals surface area contributed by atoms with E-state index in [0.29, 0.717) is 30.4 Å². The van der Waals surface area contributed by atoms with Crippen LogP contribution in [0.5, 0.6) is 0 Å². The van der Waals surface area contributed by atoms with E-state index in [-0.39, 0.29) is 43.6 Å². The van der Waals surface area contributed by atoms with Crippen LogP contribution >= 0.6 is 23.4 Å². The van der Waals surface area contributed by atoms with Crippen molar-refractivity contribution < 1.29 is 27.8 Å². The first-order chi connectivity index (χ1) is 18.9. The van der Waals surface area contributed by atoms with E-state index in [9.17, 15) is 4.39 Å². The Morgan fingerprint density at radius 3 is 2.46 bits per heavy atom. The van der Waals surface area contributed by atoms with Gasteiger partial charge in [-0.3, -0.25) is 0 Å². The molecule has 4 aliphatic carbocycles. The molecule has 0 aromatic carbocycles. The van der Waals surface area contributed by atoms with Gasteiger partial charge < -0.3 is 19.1 Å². The molecule has 0 amide bonds. The van der Waals surface area contributed by atoms with E-state index in [2.05, 4.69) is 4.57 Å². The summed E-state index contributed by atoms with van der Waals surface area (Å²) in [4.78, 5) is 5.11. The van der Waals surface area contributed by atoms with Gasteiger partial charge in [-0.15, -0.1) is 11.6 Å². The van der Waals surface area contributed by atoms with Gasteiger partial charge in [-0.2, -0.15) is 0 Å². The van der Waals surface area contributed by atoms with Gasteiger partial charge in [0.1, 0.15) is 18.5 Å². The molecule has 6 unspecified atom stereocenters. The molecule has 222 valence electrons. The van der Waals surface area contributed by atoms with Crippen molar-refractivity contribution >= 4 is 23.4 Å². The molecular formula is C29H44ClF3N2O3S. The van der Waals surface area contributed by atoms with Crippen LogP contribution in [-0.2, 0) is 15.9 Å². The molecule has 0 saturated heterocycles. The van der Waals surface area contributed by atoms with Crippen LogP contribution in [0, 0.1) is 11.8 Å². The summed E-state index contributed by atoms with van der Waals surface area (Å²) in [7, 11) is 1.74. The minimum Gasteiger partial charge on any atom is -0.394 e. The van der Waals surface area contributed by atoms with E-state index in [1.165, 1.54) is 17.5 Å². The molecule has 0 bridgehead atoms. The Hall–Kier alpha value is -0.480. The number of aliphatic hydroxyl groups is 1. The van der Waals surface area contributed by atoms with Crippen LogP contribution in [-0.4, -0.2) is 76.8 Å². The topological polar surface area (TPSA) is 56.5 Å². The number of rotatable bonds is 9. The third-order valence-corrected chi connectivity index (χ3v) is 11.2. The molecule has 3 saturated carbocycles. The Bertz CT molecular complexity index is 922. The van der Waals surface area contributed by atoms with Crippen molar-refractivity contribution in [3.63, 3.8) is 0 Å². The van der Waals surface area contributed by atoms with Gasteiger partial charge in [0.25, 0.3) is 0 Å². The number of aryl methyl sites for hydroxylation is 1. The minimum absolute atomic E-state index is 0.0385. The first-order valence-electron chi connectivity index (χ1n) is 14.9. The third-order valence-electron chi connectivity index (χ3n) is 9.64. The van der Waals surface area contributed by atoms with E-state index in [1.54, 1.807) is 7.11 Å². The molecule has 1 aromatic rings. The molecule has 10 heteroatoms. The lowest BCUT2D eigenvalue weighted by atomic mass is 9.72. The minimum atomic E-state index is -1.30. The summed E-state index contributed by atoms with van der Waals surface area (Å²) in [5.74, 6) is 0.402. The highest BCUT2D eigenvalue weighted by molar-refractivity contribution is 7.99. The Morgan fingerprint density at radius 2 is 1.77 bits per heavy atom. The number of halogens is 4. The van der Waals surface area contributed by atoms with E-state index in [0.717, 1.165) is 62.2 Å². The fourth-order valence-electron chi connectivity index (χ4n) is 7.52. The van der Waals surface area contributed by atoms with Crippen molar-refractivity contribution in [3.05, 3.63) is 11.4 Å². The molecule has 0 aliphatic heterocycles. The monoisotopic (exact) mass is 592 g/mol. The second-order valence-corrected chi connectivity index (χ2v) is 13.6. The standard InChI is InChI=1S/C29H44ClF3N2O3S/c1-37-27-13-17(5-10-23(27)30)21-3-2-4-26-28(21)35(19-8-6-18(31)7-9-19)29(34-26)39-16-22-24(32)14-20(15-25(22)33)38-12-11-36/h17-25,27,36H,2-16H2,1H3. The van der Waals surface area contributed by atoms with Crippen LogP contribution in [0.3, 0.4) is 0 Å². The second kappa shape index (κ2) is 13.7. The zero-order valence-electron chi connectivity index (χ0n) is 23.0. The fraction of sp³-hybridized carbons (Fsp3) is 0.897. The van der Waals surface area contributed by atoms with Crippen LogP contribution in [0.1, 0.15) is 94.0 Å². The number of hydrogen-bond donors (Lipinski definition) is 1. The first-order valence-corrected chi connectivity index (χ1v) is 16.4. The number of fused-ring (bicyclic) bond motifs is 1. The molecule has 4 aliphatic rings. The number of alkyl halides is 4. The molecule has 5 rings (SSSR count). The summed E-state index contributed by atoms with van der Waals surface area (Å²) < 4.78 is 57.9. The van der Waals surface area contributed by atoms with Gasteiger partial charge in [0.2, 0.25) is 0 Å². The maximum atomic E-state index is 15.1. The molecule has 0 spiro atoms. The quantitative estimate of drug-likeness (QED) is 0.254. The zero-order valence-corrected chi connectivity index (χ0v) is 24.5. The van der Waals surface area contributed by atoms with Crippen LogP contribution in [0.15, 0.2) is 5.16 Å². The lowest BCUT2D eigenvalue weighted by molar-refractivity contribution is -0.0493. The average Bonchev–Trinajstić information content (AvgIpc) is 3.30. The van der Waals surface area contributed by atoms with Crippen molar-refractivity contribution in [2.75, 3.05) is 26.1 Å². The van der Waals surface area contributed by atoms with E-state index in [1.807, 2.05) is 0 Å². The Kier molecular flexibility index (Phi) is 10.5. The predicted molar refractivity (Wildman–Crippen MR) is 148 cm³/mol. The van der Waals surface area contributed by atoms with Crippen molar-refractivity contribution in [2.45, 2.75) is 130 Å². The van der Waals surface area contributed by atoms with Crippen LogP contribution in [0.25, 0.3) is 0 Å². The van der Waals surface area contributed by atoms with Gasteiger partial charge in [0.15, 0.2) is 5.16 Å². The van der Waals surface area contributed by atoms with Gasteiger partial charge in [0.05, 0.1) is 36.5 Å². The molecule has 1 heterocycles. The Morgan fingerprint density at radius 1 is 1.03 bits per heavy atom. The van der Waals surface area contributed by atoms with Gasteiger partial charge in [0, 0.05) is 49.3 Å². The fourth-order valence-corrected chi connectivity index (χ4v) is 9.17. The Balaban J connectivity index is 1.38. The number of ether oxygens (including phenoxy) is 2. The van der Waals surface area contributed by atoms with Crippen molar-refractivity contribution in [3.8, 4) is 0 Å². The number of aromatic nitrogens is 2. The van der Waals surface area contributed by atoms with Gasteiger partial charge in [-0.1, -0.05) is 11.8 Å². The molecule has 5 nitrogen and oxygen atoms in total. The van der Waals surface area contributed by atoms with Gasteiger partial charge >= 0.3 is 0 Å². The normalized spacial score (nSPS) is 39.4. The summed E-state index contributed by atoms with van der Waals surface area (Å²) in [5, 5.41) is 9.88. The van der Waals surface area contributed by atoms with E-state index >= 15 is 8.78 Å². The number of nitrogens with zero attached hydrogens (tertiary/aromatic N) is 2. The van der Waals surface area contributed by atoms with Gasteiger partial charge in [-0.05, 0) is 70.1 Å². The van der Waals surface area contributed by atoms with Crippen LogP contribution in [0.2, 0.25) is 0 Å². The summed E-state index contributed by atoms with van der Waals surface area (Å²) >= 11 is 8.04. The molecule has 1 N–H and O–H groups in total. The second-order valence-electron chi connectivity index (χ2n) is 12.1. The summed E-state index contributed by atoms with van der Waals surface area (Å²) in [5.41, 5.74) is 2.40. The predicted octanol–water partition coefficient (Wildman–Crippen LogP) is 6.73. The lowest BCUT2D eigenvalue weighted by Crippen LogP contribution is -2.40. The highest BCUT2D eigenvalue weighted by atomic mass is 35.5. The first kappa shape index (κ1) is 30.0. The highest BCUT2D eigenvalue weighted by Crippen LogP contribution is 2.48. The molecule has 0 radical (unpaired) electrons. The molecule has 6 atom stereocenters. The van der Waals surface area contributed by atoms with Crippen LogP contribution in [0.4, 0.5) is 13.2 Å². The van der Waals surface area contributed by atoms with E-state index in [4.69, 9.17) is 31.2 Å². The lowest BCUT2D eigenvalue weighted by Gasteiger charge is -2.39. The molecule has 1 aromatic heterocycles. The largest absolute Gasteiger partial charge is 0.394 e. The molecule has 39 heavy (non-hydrogen) atoms. The SMILES string of the molecule is COC1CC(C2CCCc3nc(SCC4C(F)CC(OCCO)CC4F)n(C4CCC(F)CC4)c32)CCC1Cl. The van der Waals surface area contributed by atoms with Crippen molar-refractivity contribution in [2.24, 2.45) is 11.8 Å². The van der Waals surface area contributed by atoms with E-state index < -0.39 is 30.5 Å².